The van der Waals surface area contributed by atoms with Crippen molar-refractivity contribution in [3.05, 3.63) is 0 Å². The molecule has 0 radical (unpaired) electrons. The van der Waals surface area contributed by atoms with Crippen molar-refractivity contribution in [1.82, 2.24) is 5.32 Å². The van der Waals surface area contributed by atoms with Crippen molar-refractivity contribution in [2.24, 2.45) is 22.9 Å². The molecular formula is C19H39N5O7. The van der Waals surface area contributed by atoms with Crippen LogP contribution in [0.15, 0.2) is 0 Å². The summed E-state index contributed by atoms with van der Waals surface area (Å²) in [5, 5.41) is 34.3. The van der Waals surface area contributed by atoms with Crippen LogP contribution >= 0.6 is 0 Å². The van der Waals surface area contributed by atoms with Crippen LogP contribution in [0, 0.1) is 0 Å². The van der Waals surface area contributed by atoms with Gasteiger partial charge in [-0.1, -0.05) is 0 Å². The molecule has 2 heterocycles. The Morgan fingerprint density at radius 3 is 2.13 bits per heavy atom. The maximum absolute atomic E-state index is 11.0. The monoisotopic (exact) mass is 449 g/mol. The first kappa shape index (κ1) is 25.1. The van der Waals surface area contributed by atoms with E-state index in [0.29, 0.717) is 12.8 Å². The van der Waals surface area contributed by atoms with Gasteiger partial charge in [0.1, 0.15) is 24.4 Å². The van der Waals surface area contributed by atoms with Gasteiger partial charge in [-0.25, -0.2) is 0 Å². The number of ether oxygens (including phenoxy) is 4. The number of hydrogen-bond acceptors (Lipinski definition) is 12. The fourth-order valence-electron chi connectivity index (χ4n) is 4.58. The van der Waals surface area contributed by atoms with Crippen molar-refractivity contribution in [2.75, 3.05) is 13.7 Å². The molecule has 0 aromatic heterocycles. The predicted molar refractivity (Wildman–Crippen MR) is 110 cm³/mol. The van der Waals surface area contributed by atoms with Gasteiger partial charge in [0.15, 0.2) is 12.6 Å². The highest BCUT2D eigenvalue weighted by Crippen LogP contribution is 2.30. The zero-order valence-corrected chi connectivity index (χ0v) is 18.1. The van der Waals surface area contributed by atoms with Gasteiger partial charge >= 0.3 is 0 Å². The molecule has 1 saturated carbocycles. The summed E-state index contributed by atoms with van der Waals surface area (Å²) < 4.78 is 23.3. The highest BCUT2D eigenvalue weighted by Gasteiger charge is 2.48. The van der Waals surface area contributed by atoms with Gasteiger partial charge in [-0.15, -0.1) is 0 Å². The van der Waals surface area contributed by atoms with E-state index in [0.717, 1.165) is 6.42 Å². The van der Waals surface area contributed by atoms with E-state index in [-0.39, 0.29) is 24.8 Å². The van der Waals surface area contributed by atoms with E-state index >= 15 is 0 Å². The molecule has 3 rings (SSSR count). The molecule has 12 heteroatoms. The first-order valence-corrected chi connectivity index (χ1v) is 11.0. The fourth-order valence-corrected chi connectivity index (χ4v) is 4.58. The summed E-state index contributed by atoms with van der Waals surface area (Å²) in [6, 6.07) is -2.40. The summed E-state index contributed by atoms with van der Waals surface area (Å²) in [7, 11) is 1.62. The highest BCUT2D eigenvalue weighted by molar-refractivity contribution is 5.00. The highest BCUT2D eigenvalue weighted by atomic mass is 16.7. The molecule has 182 valence electrons. The zero-order chi connectivity index (χ0) is 22.9. The Morgan fingerprint density at radius 1 is 0.935 bits per heavy atom. The van der Waals surface area contributed by atoms with Crippen LogP contribution in [-0.2, 0) is 18.9 Å². The van der Waals surface area contributed by atoms with Crippen LogP contribution in [0.5, 0.6) is 0 Å². The Balaban J connectivity index is 1.67. The van der Waals surface area contributed by atoms with E-state index in [9.17, 15) is 15.3 Å². The first-order valence-electron chi connectivity index (χ1n) is 11.0. The van der Waals surface area contributed by atoms with E-state index in [1.54, 1.807) is 7.05 Å². The summed E-state index contributed by atoms with van der Waals surface area (Å²) in [6.45, 7) is 1.82. The fraction of sp³-hybridized carbons (Fsp3) is 1.00. The third kappa shape index (κ3) is 5.54. The van der Waals surface area contributed by atoms with Crippen LogP contribution in [0.3, 0.4) is 0 Å². The van der Waals surface area contributed by atoms with Crippen LogP contribution in [0.4, 0.5) is 0 Å². The molecule has 31 heavy (non-hydrogen) atoms. The van der Waals surface area contributed by atoms with E-state index in [1.807, 2.05) is 6.92 Å². The zero-order valence-electron chi connectivity index (χ0n) is 18.1. The number of aliphatic hydroxyl groups is 3. The Labute approximate surface area is 182 Å². The number of rotatable bonds is 6. The van der Waals surface area contributed by atoms with Gasteiger partial charge in [0.25, 0.3) is 0 Å². The minimum Gasteiger partial charge on any atom is -0.389 e. The topological polar surface area (TPSA) is 214 Å². The minimum absolute atomic E-state index is 0.0336. The third-order valence-corrected chi connectivity index (χ3v) is 6.50. The summed E-state index contributed by atoms with van der Waals surface area (Å²) in [6.07, 6.45) is -5.38. The van der Waals surface area contributed by atoms with Gasteiger partial charge in [-0.2, -0.15) is 0 Å². The van der Waals surface area contributed by atoms with Crippen LogP contribution < -0.4 is 28.3 Å². The third-order valence-electron chi connectivity index (χ3n) is 6.50. The van der Waals surface area contributed by atoms with Crippen LogP contribution in [0.1, 0.15) is 26.2 Å². The van der Waals surface area contributed by atoms with E-state index in [4.69, 9.17) is 41.9 Å². The van der Waals surface area contributed by atoms with Crippen LogP contribution in [0.2, 0.25) is 0 Å². The molecule has 3 aliphatic rings. The van der Waals surface area contributed by atoms with Crippen molar-refractivity contribution >= 4 is 0 Å². The van der Waals surface area contributed by atoms with Gasteiger partial charge in [0.05, 0.1) is 30.9 Å². The summed E-state index contributed by atoms with van der Waals surface area (Å²) in [4.78, 5) is 0. The number of nitrogens with two attached hydrogens (primary N) is 4. The average molecular weight is 450 g/mol. The number of nitrogens with one attached hydrogen (secondary N) is 1. The molecule has 2 saturated heterocycles. The van der Waals surface area contributed by atoms with Crippen molar-refractivity contribution < 1.29 is 34.3 Å². The maximum Gasteiger partial charge on any atom is 0.185 e. The average Bonchev–Trinajstić information content (AvgIpc) is 2.71. The van der Waals surface area contributed by atoms with Gasteiger partial charge in [-0.05, 0) is 33.2 Å². The second kappa shape index (κ2) is 10.6. The largest absolute Gasteiger partial charge is 0.389 e. The molecule has 13 atom stereocenters. The molecule has 0 aromatic carbocycles. The van der Waals surface area contributed by atoms with Crippen LogP contribution in [0.25, 0.3) is 0 Å². The van der Waals surface area contributed by atoms with Gasteiger partial charge in [-0.3, -0.25) is 0 Å². The molecule has 12 N–H and O–H groups in total. The second-order valence-electron chi connectivity index (χ2n) is 8.97. The number of hydrogen-bond donors (Lipinski definition) is 8. The minimum atomic E-state index is -1.21. The molecule has 3 unspecified atom stereocenters. The van der Waals surface area contributed by atoms with E-state index in [2.05, 4.69) is 5.32 Å². The van der Waals surface area contributed by atoms with Crippen molar-refractivity contribution in [3.63, 3.8) is 0 Å². The standard InChI is InChI=1S/C19H39N5O7/c1-7(20)12-4-3-8(21)18(29-12)30-16-9(22)5-10(23)17(15(16)27)31-19-14(26)13(24-2)11(25)6-28-19/h7-19,24-27H,3-6,20-23H2,1-2H3/t7?,8-,9-,10+,11-,12?,13-,14-,15+,16?,17-,18+,19-/m0/s1. The molecule has 1 aliphatic carbocycles. The van der Waals surface area contributed by atoms with Crippen molar-refractivity contribution in [1.29, 1.82) is 0 Å². The lowest BCUT2D eigenvalue weighted by atomic mass is 9.84. The molecule has 3 fully saturated rings. The summed E-state index contributed by atoms with van der Waals surface area (Å²) in [5.41, 5.74) is 24.6. The van der Waals surface area contributed by atoms with Gasteiger partial charge in [0.2, 0.25) is 0 Å². The van der Waals surface area contributed by atoms with E-state index < -0.39 is 61.2 Å². The first-order chi connectivity index (χ1) is 14.6. The molecule has 0 spiro atoms. The van der Waals surface area contributed by atoms with Gasteiger partial charge < -0.3 is 62.5 Å². The predicted octanol–water partition coefficient (Wildman–Crippen LogP) is -3.98. The lowest BCUT2D eigenvalue weighted by Crippen LogP contribution is -2.67. The van der Waals surface area contributed by atoms with Crippen LogP contribution in [-0.4, -0.2) is 108 Å². The number of likely N-dealkylation sites (N-methyl/N-ethyl adjacent to an activating group) is 1. The number of aliphatic hydroxyl groups excluding tert-OH is 3. The summed E-state index contributed by atoms with van der Waals surface area (Å²) in [5.74, 6) is 0. The lowest BCUT2D eigenvalue weighted by Gasteiger charge is -2.47. The smallest absolute Gasteiger partial charge is 0.185 e. The quantitative estimate of drug-likeness (QED) is 0.195. The molecule has 12 nitrogen and oxygen atoms in total. The van der Waals surface area contributed by atoms with Crippen molar-refractivity contribution in [3.8, 4) is 0 Å². The molecule has 2 aliphatic heterocycles. The second-order valence-corrected chi connectivity index (χ2v) is 8.97. The Bertz CT molecular complexity index is 560. The normalized spacial score (nSPS) is 50.2. The molecular weight excluding hydrogens is 410 g/mol. The molecule has 0 bridgehead atoms. The Morgan fingerprint density at radius 2 is 1.55 bits per heavy atom. The Hall–Kier alpha value is -0.480. The summed E-state index contributed by atoms with van der Waals surface area (Å²) >= 11 is 0. The van der Waals surface area contributed by atoms with Crippen molar-refractivity contribution in [2.45, 2.75) is 106 Å². The van der Waals surface area contributed by atoms with Gasteiger partial charge in [0, 0.05) is 18.1 Å². The molecule has 0 amide bonds. The lowest BCUT2D eigenvalue weighted by molar-refractivity contribution is -0.297. The van der Waals surface area contributed by atoms with E-state index in [1.165, 1.54) is 0 Å². The SMILES string of the molecule is CN[C@@H]1[C@H](O)[C@H](O[C@H]2[C@H](N)C[C@H](N)C(O[C@H]3OC(C(C)N)CC[C@@H]3N)[C@H]2O)OC[C@@H]1O. The molecule has 0 aromatic rings. The Kier molecular flexibility index (Phi) is 8.63. The maximum atomic E-state index is 11.0.